The van der Waals surface area contributed by atoms with Gasteiger partial charge in [0.05, 0.1) is 5.69 Å². The molecule has 5 heteroatoms. The highest BCUT2D eigenvalue weighted by molar-refractivity contribution is 9.11. The molecule has 0 N–H and O–H groups in total. The first-order valence-electron chi connectivity index (χ1n) is 11.5. The summed E-state index contributed by atoms with van der Waals surface area (Å²) in [5.41, 5.74) is 8.50. The van der Waals surface area contributed by atoms with Crippen molar-refractivity contribution >= 4 is 48.6 Å². The molecule has 0 radical (unpaired) electrons. The van der Waals surface area contributed by atoms with Gasteiger partial charge in [0.1, 0.15) is 5.65 Å². The van der Waals surface area contributed by atoms with Crippen molar-refractivity contribution in [1.82, 2.24) is 9.55 Å². The fourth-order valence-electron chi connectivity index (χ4n) is 4.91. The molecule has 3 heterocycles. The standard InChI is InChI=1S/C26H33Br2N3/c1-7-19-8-10-30(11-9-19)23-12-16(4)29-26-24(23)17(5)18(6)31(26)25-21(27)13-20(15(2)3)14-22(25)28/h12-15,19H,7-11H2,1-6H3. The Morgan fingerprint density at radius 1 is 1.03 bits per heavy atom. The minimum absolute atomic E-state index is 0.476. The third-order valence-electron chi connectivity index (χ3n) is 7.03. The second-order valence-corrected chi connectivity index (χ2v) is 11.1. The van der Waals surface area contributed by atoms with E-state index in [1.54, 1.807) is 0 Å². The summed E-state index contributed by atoms with van der Waals surface area (Å²) >= 11 is 7.74. The monoisotopic (exact) mass is 545 g/mol. The van der Waals surface area contributed by atoms with Crippen LogP contribution in [0.3, 0.4) is 0 Å². The van der Waals surface area contributed by atoms with Crippen molar-refractivity contribution < 1.29 is 0 Å². The SMILES string of the molecule is CCC1CCN(c2cc(C)nc3c2c(C)c(C)n3-c2c(Br)cc(C(C)C)cc2Br)CC1. The van der Waals surface area contributed by atoms with Crippen LogP contribution in [0.15, 0.2) is 27.1 Å². The molecule has 4 rings (SSSR count). The molecule has 166 valence electrons. The van der Waals surface area contributed by atoms with Gasteiger partial charge >= 0.3 is 0 Å². The Morgan fingerprint density at radius 3 is 2.19 bits per heavy atom. The summed E-state index contributed by atoms with van der Waals surface area (Å²) in [6.07, 6.45) is 3.86. The van der Waals surface area contributed by atoms with E-state index in [2.05, 4.69) is 101 Å². The molecule has 0 spiro atoms. The van der Waals surface area contributed by atoms with E-state index in [0.29, 0.717) is 5.92 Å². The van der Waals surface area contributed by atoms with E-state index in [4.69, 9.17) is 4.98 Å². The highest BCUT2D eigenvalue weighted by Crippen LogP contribution is 2.41. The van der Waals surface area contributed by atoms with Crippen LogP contribution in [0.2, 0.25) is 0 Å². The van der Waals surface area contributed by atoms with Gasteiger partial charge in [0, 0.05) is 44.5 Å². The molecule has 0 amide bonds. The van der Waals surface area contributed by atoms with E-state index < -0.39 is 0 Å². The molecular weight excluding hydrogens is 514 g/mol. The molecule has 3 aromatic rings. The van der Waals surface area contributed by atoms with Crippen molar-refractivity contribution in [1.29, 1.82) is 0 Å². The number of benzene rings is 1. The van der Waals surface area contributed by atoms with Crippen LogP contribution in [0, 0.1) is 26.7 Å². The Morgan fingerprint density at radius 2 is 1.65 bits per heavy atom. The van der Waals surface area contributed by atoms with Gasteiger partial charge in [-0.25, -0.2) is 4.98 Å². The number of nitrogens with zero attached hydrogens (tertiary/aromatic N) is 3. The number of rotatable bonds is 4. The third kappa shape index (κ3) is 4.08. The molecule has 0 aliphatic carbocycles. The Balaban J connectivity index is 1.92. The molecule has 0 saturated carbocycles. The summed E-state index contributed by atoms with van der Waals surface area (Å²) in [6.45, 7) is 15.6. The lowest BCUT2D eigenvalue weighted by atomic mass is 9.94. The van der Waals surface area contributed by atoms with E-state index >= 15 is 0 Å². The molecule has 31 heavy (non-hydrogen) atoms. The molecule has 3 nitrogen and oxygen atoms in total. The lowest BCUT2D eigenvalue weighted by molar-refractivity contribution is 0.395. The molecule has 1 aliphatic rings. The van der Waals surface area contributed by atoms with Crippen LogP contribution >= 0.6 is 31.9 Å². The molecule has 1 aliphatic heterocycles. The molecule has 1 saturated heterocycles. The average molecular weight is 547 g/mol. The van der Waals surface area contributed by atoms with Crippen LogP contribution in [-0.4, -0.2) is 22.6 Å². The fraction of sp³-hybridized carbons (Fsp3) is 0.500. The van der Waals surface area contributed by atoms with Gasteiger partial charge in [-0.1, -0.05) is 27.2 Å². The van der Waals surface area contributed by atoms with E-state index in [-0.39, 0.29) is 0 Å². The van der Waals surface area contributed by atoms with Crippen LogP contribution in [0.1, 0.15) is 68.5 Å². The van der Waals surface area contributed by atoms with Crippen LogP contribution in [0.4, 0.5) is 5.69 Å². The van der Waals surface area contributed by atoms with Crippen LogP contribution in [0.25, 0.3) is 16.7 Å². The van der Waals surface area contributed by atoms with Gasteiger partial charge in [-0.2, -0.15) is 0 Å². The second kappa shape index (κ2) is 8.90. The Bertz CT molecular complexity index is 1100. The van der Waals surface area contributed by atoms with E-state index in [1.807, 2.05) is 0 Å². The quantitative estimate of drug-likeness (QED) is 0.328. The highest BCUT2D eigenvalue weighted by atomic mass is 79.9. The van der Waals surface area contributed by atoms with Gasteiger partial charge in [-0.3, -0.25) is 4.57 Å². The predicted molar refractivity (Wildman–Crippen MR) is 140 cm³/mol. The van der Waals surface area contributed by atoms with Crippen molar-refractivity contribution in [3.63, 3.8) is 0 Å². The maximum Gasteiger partial charge on any atom is 0.147 e. The number of aromatic nitrogens is 2. The van der Waals surface area contributed by atoms with Crippen molar-refractivity contribution in [2.45, 2.75) is 66.7 Å². The van der Waals surface area contributed by atoms with Crippen LogP contribution in [0.5, 0.6) is 0 Å². The zero-order valence-corrected chi connectivity index (χ0v) is 22.7. The van der Waals surface area contributed by atoms with E-state index in [0.717, 1.165) is 45.0 Å². The van der Waals surface area contributed by atoms with Crippen molar-refractivity contribution in [2.75, 3.05) is 18.0 Å². The average Bonchev–Trinajstić information content (AvgIpc) is 2.97. The minimum Gasteiger partial charge on any atom is -0.371 e. The summed E-state index contributed by atoms with van der Waals surface area (Å²) < 4.78 is 4.52. The predicted octanol–water partition coefficient (Wildman–Crippen LogP) is 8.23. The molecule has 0 unspecified atom stereocenters. The zero-order valence-electron chi connectivity index (χ0n) is 19.5. The summed E-state index contributed by atoms with van der Waals surface area (Å²) in [6, 6.07) is 6.78. The summed E-state index contributed by atoms with van der Waals surface area (Å²) in [4.78, 5) is 7.64. The molecule has 2 aromatic heterocycles. The number of halogens is 2. The lowest BCUT2D eigenvalue weighted by Gasteiger charge is -2.34. The van der Waals surface area contributed by atoms with Gasteiger partial charge in [0.15, 0.2) is 0 Å². The third-order valence-corrected chi connectivity index (χ3v) is 8.24. The molecular formula is C26H33Br2N3. The number of hydrogen-bond acceptors (Lipinski definition) is 2. The molecule has 0 bridgehead atoms. The number of anilines is 1. The topological polar surface area (TPSA) is 21.1 Å². The lowest BCUT2D eigenvalue weighted by Crippen LogP contribution is -2.33. The van der Waals surface area contributed by atoms with Crippen LogP contribution in [-0.2, 0) is 0 Å². The number of piperidine rings is 1. The first-order chi connectivity index (χ1) is 14.7. The Labute approximate surface area is 203 Å². The zero-order chi connectivity index (χ0) is 22.4. The Hall–Kier alpha value is -1.33. The number of hydrogen-bond donors (Lipinski definition) is 0. The highest BCUT2D eigenvalue weighted by Gasteiger charge is 2.25. The summed E-state index contributed by atoms with van der Waals surface area (Å²) in [5.74, 6) is 1.34. The smallest absolute Gasteiger partial charge is 0.147 e. The van der Waals surface area contributed by atoms with E-state index in [9.17, 15) is 0 Å². The summed E-state index contributed by atoms with van der Waals surface area (Å²) in [5, 5.41) is 1.30. The molecule has 1 aromatic carbocycles. The van der Waals surface area contributed by atoms with Crippen molar-refractivity contribution in [3.05, 3.63) is 49.7 Å². The first kappa shape index (κ1) is 22.8. The maximum absolute atomic E-state index is 5.05. The number of aryl methyl sites for hydroxylation is 2. The fourth-order valence-corrected chi connectivity index (χ4v) is 6.48. The number of pyridine rings is 1. The Kier molecular flexibility index (Phi) is 6.56. The maximum atomic E-state index is 5.05. The first-order valence-corrected chi connectivity index (χ1v) is 13.0. The van der Waals surface area contributed by atoms with Crippen molar-refractivity contribution in [3.8, 4) is 5.69 Å². The van der Waals surface area contributed by atoms with Gasteiger partial charge in [-0.15, -0.1) is 0 Å². The molecule has 0 atom stereocenters. The van der Waals surface area contributed by atoms with Crippen LogP contribution < -0.4 is 4.90 Å². The van der Waals surface area contributed by atoms with Gasteiger partial charge < -0.3 is 4.90 Å². The second-order valence-electron chi connectivity index (χ2n) is 9.35. The minimum atomic E-state index is 0.476. The largest absolute Gasteiger partial charge is 0.371 e. The van der Waals surface area contributed by atoms with Gasteiger partial charge in [-0.05, 0) is 107 Å². The van der Waals surface area contributed by atoms with E-state index in [1.165, 1.54) is 47.2 Å². The number of fused-ring (bicyclic) bond motifs is 1. The molecule has 1 fully saturated rings. The van der Waals surface area contributed by atoms with Gasteiger partial charge in [0.25, 0.3) is 0 Å². The normalized spacial score (nSPS) is 15.5. The van der Waals surface area contributed by atoms with Crippen molar-refractivity contribution in [2.24, 2.45) is 5.92 Å². The van der Waals surface area contributed by atoms with Gasteiger partial charge in [0.2, 0.25) is 0 Å². The summed E-state index contributed by atoms with van der Waals surface area (Å²) in [7, 11) is 0.